The Kier molecular flexibility index (Phi) is 9.84. The number of aromatic nitrogens is 3. The van der Waals surface area contributed by atoms with Gasteiger partial charge in [0, 0.05) is 0 Å². The molecule has 16 aromatic rings. The van der Waals surface area contributed by atoms with Gasteiger partial charge in [0.15, 0.2) is 0 Å². The predicted octanol–water partition coefficient (Wildman–Crippen LogP) is 19.6. The molecule has 6 heterocycles. The third-order valence-electron chi connectivity index (χ3n) is 16.2. The molecule has 2 aliphatic heterocycles. The summed E-state index contributed by atoms with van der Waals surface area (Å²) in [4.78, 5) is 17.0. The number of benzene rings is 12. The molecule has 0 radical (unpaired) electrons. The molecule has 0 fully saturated rings. The molecule has 0 atom stereocenters. The first-order chi connectivity index (χ1) is 39.7. The van der Waals surface area contributed by atoms with E-state index in [-0.39, 0.29) is 0 Å². The van der Waals surface area contributed by atoms with Gasteiger partial charge in [-0.3, -0.25) is 0 Å². The number of rotatable bonds is 5. The van der Waals surface area contributed by atoms with E-state index in [0.717, 1.165) is 93.5 Å². The summed E-state index contributed by atoms with van der Waals surface area (Å²) in [6.07, 6.45) is 0. The first-order valence-electron chi connectivity index (χ1n) is 26.8. The summed E-state index contributed by atoms with van der Waals surface area (Å²) in [6, 6.07) is 88.7. The van der Waals surface area contributed by atoms with Crippen molar-refractivity contribution in [2.75, 3.05) is 0 Å². The fraction of sp³-hybridized carbons (Fsp3) is 0. The van der Waals surface area contributed by atoms with Crippen molar-refractivity contribution in [2.45, 2.75) is 0 Å². The van der Waals surface area contributed by atoms with Gasteiger partial charge in [-0.2, -0.15) is 0 Å². The van der Waals surface area contributed by atoms with Crippen LogP contribution in [0.1, 0.15) is 5.56 Å². The Morgan fingerprint density at radius 1 is 0.475 bits per heavy atom. The summed E-state index contributed by atoms with van der Waals surface area (Å²) in [5.74, 6) is 0.627. The molecule has 8 heteroatoms. The average Bonchev–Trinajstić information content (AvgIpc) is 3.99. The van der Waals surface area contributed by atoms with Crippen molar-refractivity contribution in [2.24, 2.45) is 4.99 Å². The molecule has 12 aromatic carbocycles. The molecule has 5 nitrogen and oxygen atoms in total. The van der Waals surface area contributed by atoms with Crippen LogP contribution < -0.4 is 5.22 Å². The zero-order valence-electron chi connectivity index (χ0n) is 42.5. The van der Waals surface area contributed by atoms with E-state index in [1.807, 2.05) is 11.3 Å². The van der Waals surface area contributed by atoms with E-state index in [4.69, 9.17) is 19.4 Å². The number of thiophene rings is 1. The Morgan fingerprint density at radius 2 is 1.16 bits per heavy atom. The second-order valence-corrected chi connectivity index (χ2v) is 31.2. The molecule has 0 unspecified atom stereocenters. The summed E-state index contributed by atoms with van der Waals surface area (Å²) < 4.78 is 18.1. The number of halogens is 2. The summed E-state index contributed by atoms with van der Waals surface area (Å²) in [5, 5.41) is 14.3. The van der Waals surface area contributed by atoms with E-state index in [2.05, 4.69) is 247 Å². The standard InChI is InChI=1S/C72H40I2N4OS/c1-3-20-41(21-4-1)66-47-26-9-14-33-54(47)73-71(76-66)74-55-40-43(38-39-48(55)61-64-52-30-13-18-37-59(52)80-70(64)46-25-8-7-24-45(46)65(61)74)44-31-19-32-53-60(44)69-63(51-29-12-17-36-58(51)79-69)62-50-28-11-16-35-57(50)78(68(53)62)72-75-56-34-15-10-27-49(56)67(77-72)42-22-5-2-6-23-42/h1-40H. The molecule has 0 saturated carbocycles. The quantitative estimate of drug-likeness (QED) is 0.161. The van der Waals surface area contributed by atoms with Gasteiger partial charge in [0.25, 0.3) is 0 Å². The van der Waals surface area contributed by atoms with E-state index in [1.54, 1.807) is 0 Å². The molecule has 80 heavy (non-hydrogen) atoms. The number of aliphatic imine (C=N–C) groups is 1. The number of hydrogen-bond acceptors (Lipinski definition) is 5. The van der Waals surface area contributed by atoms with Gasteiger partial charge in [0.2, 0.25) is 0 Å². The summed E-state index contributed by atoms with van der Waals surface area (Å²) in [7, 11) is 0. The normalized spacial score (nSPS) is 13.7. The van der Waals surface area contributed by atoms with Crippen LogP contribution in [0.4, 0.5) is 0 Å². The molecular weight excluding hydrogens is 1220 g/mol. The third kappa shape index (κ3) is 6.43. The van der Waals surface area contributed by atoms with Gasteiger partial charge in [-0.05, 0) is 0 Å². The van der Waals surface area contributed by atoms with Crippen molar-refractivity contribution in [3.05, 3.63) is 264 Å². The van der Waals surface area contributed by atoms with Crippen LogP contribution in [0, 0.1) is 10.3 Å². The summed E-state index contributed by atoms with van der Waals surface area (Å²) >= 11 is -1.28. The van der Waals surface area contributed by atoms with Crippen molar-refractivity contribution in [1.82, 2.24) is 14.5 Å². The number of furan rings is 1. The molecule has 18 rings (SSSR count). The predicted molar refractivity (Wildman–Crippen MR) is 352 cm³/mol. The summed E-state index contributed by atoms with van der Waals surface area (Å²) in [5.41, 5.74) is 14.0. The Labute approximate surface area is 478 Å². The molecule has 0 bridgehead atoms. The molecule has 2 aliphatic rings. The average molecular weight is 1260 g/mol. The molecule has 0 aliphatic carbocycles. The molecule has 374 valence electrons. The monoisotopic (exact) mass is 1260 g/mol. The number of fused-ring (bicyclic) bond motifs is 22. The Hall–Kier alpha value is -8.68. The second-order valence-electron chi connectivity index (χ2n) is 20.5. The van der Waals surface area contributed by atoms with E-state index in [0.29, 0.717) is 5.95 Å². The number of hydrogen-bond donors (Lipinski definition) is 0. The van der Waals surface area contributed by atoms with Crippen LogP contribution in [0.3, 0.4) is 0 Å². The fourth-order valence-electron chi connectivity index (χ4n) is 12.9. The van der Waals surface area contributed by atoms with Gasteiger partial charge in [-0.25, -0.2) is 0 Å². The zero-order chi connectivity index (χ0) is 52.2. The topological polar surface area (TPSA) is 56.2 Å². The van der Waals surface area contributed by atoms with Crippen LogP contribution in [0.5, 0.6) is 0 Å². The van der Waals surface area contributed by atoms with Crippen molar-refractivity contribution < 1.29 is 4.42 Å². The van der Waals surface area contributed by atoms with Gasteiger partial charge in [-0.1, -0.05) is 48.5 Å². The van der Waals surface area contributed by atoms with Crippen molar-refractivity contribution in [1.29, 1.82) is 0 Å². The molecule has 4 aromatic heterocycles. The van der Waals surface area contributed by atoms with Crippen molar-refractivity contribution in [3.63, 3.8) is 0 Å². The number of para-hydroxylation sites is 3. The van der Waals surface area contributed by atoms with Crippen LogP contribution in [-0.4, -0.2) is 16.3 Å². The van der Waals surface area contributed by atoms with Crippen LogP contribution >= 0.6 is 51.9 Å². The number of nitrogens with zero attached hydrogens (tertiary/aromatic N) is 4. The van der Waals surface area contributed by atoms with Gasteiger partial charge in [0.05, 0.1) is 0 Å². The van der Waals surface area contributed by atoms with Gasteiger partial charge < -0.3 is 0 Å². The zero-order valence-corrected chi connectivity index (χ0v) is 47.6. The first-order valence-corrected chi connectivity index (χ1v) is 33.0. The second kappa shape index (κ2) is 17.4. The Bertz CT molecular complexity index is 5570. The van der Waals surface area contributed by atoms with Gasteiger partial charge >= 0.3 is 434 Å². The molecular formula is C72H40I2N4OS. The van der Waals surface area contributed by atoms with Gasteiger partial charge in [-0.15, -0.1) is 0 Å². The molecule has 0 saturated heterocycles. The van der Waals surface area contributed by atoms with Crippen LogP contribution in [0.2, 0.25) is 0 Å². The SMILES string of the molecule is c1ccc(C2=c3ccccc3=IC(I3c4cc(-c5cccc6c5c5oc7ccccc7c5c5c7ccccc7n(-c7nc(-c8ccccc8)c8ccccc8n7)c65)ccc4-c4c3c3ccccc3c3sc5ccccc5c43)=N2)cc1. The van der Waals surface area contributed by atoms with Crippen molar-refractivity contribution >= 4 is 156 Å². The molecule has 0 amide bonds. The van der Waals surface area contributed by atoms with E-state index in [9.17, 15) is 0 Å². The Balaban J connectivity index is 0.960. The van der Waals surface area contributed by atoms with Crippen LogP contribution in [0.15, 0.2) is 252 Å². The third-order valence-corrected chi connectivity index (χ3v) is 29.1. The Morgan fingerprint density at radius 3 is 2.02 bits per heavy atom. The summed E-state index contributed by atoms with van der Waals surface area (Å²) in [6.45, 7) is 0. The van der Waals surface area contributed by atoms with E-state index in [1.165, 1.54) is 64.9 Å². The minimum absolute atomic E-state index is 0.624. The van der Waals surface area contributed by atoms with Gasteiger partial charge in [0.1, 0.15) is 0 Å². The fourth-order valence-corrected chi connectivity index (χ4v) is 27.8. The molecule has 0 spiro atoms. The maximum atomic E-state index is 7.26. The molecule has 0 N–H and O–H groups in total. The van der Waals surface area contributed by atoms with Crippen LogP contribution in [0.25, 0.3) is 142 Å². The van der Waals surface area contributed by atoms with Crippen LogP contribution in [-0.2, 0) is 0 Å². The minimum atomic E-state index is -2.59. The first kappa shape index (κ1) is 45.2. The van der Waals surface area contributed by atoms with E-state index >= 15 is 0 Å². The maximum absolute atomic E-state index is 7.26. The van der Waals surface area contributed by atoms with E-state index < -0.39 is 40.6 Å². The van der Waals surface area contributed by atoms with Crippen molar-refractivity contribution in [3.8, 4) is 39.5 Å².